The summed E-state index contributed by atoms with van der Waals surface area (Å²) in [6.07, 6.45) is 0.949. The van der Waals surface area contributed by atoms with E-state index in [0.717, 1.165) is 23.2 Å². The Kier molecular flexibility index (Phi) is 6.07. The van der Waals surface area contributed by atoms with Crippen molar-refractivity contribution in [2.45, 2.75) is 26.3 Å². The number of thiophene rings is 1. The van der Waals surface area contributed by atoms with Gasteiger partial charge >= 0.3 is 0 Å². The molecule has 0 radical (unpaired) electrons. The zero-order valence-corrected chi connectivity index (χ0v) is 14.3. The fraction of sp³-hybridized carbons (Fsp3) is 0.375. The molecule has 0 saturated heterocycles. The summed E-state index contributed by atoms with van der Waals surface area (Å²) in [5, 5.41) is 7.71. The Morgan fingerprint density at radius 1 is 1.35 bits per heavy atom. The average Bonchev–Trinajstić information content (AvgIpc) is 2.92. The molecule has 1 aromatic carbocycles. The Bertz CT molecular complexity index is 527. The van der Waals surface area contributed by atoms with E-state index in [1.807, 2.05) is 0 Å². The summed E-state index contributed by atoms with van der Waals surface area (Å²) in [5.74, 6) is 0.961. The predicted octanol–water partition coefficient (Wildman–Crippen LogP) is 4.80. The number of benzene rings is 1. The number of nitrogens with one attached hydrogen (secondary N) is 1. The fourth-order valence-corrected chi connectivity index (χ4v) is 3.16. The van der Waals surface area contributed by atoms with Crippen LogP contribution in [0.2, 0.25) is 0 Å². The number of halogens is 1. The minimum Gasteiger partial charge on any atom is -0.493 e. The lowest BCUT2D eigenvalue weighted by Crippen LogP contribution is -2.18. The Balaban J connectivity index is 2.03. The number of hydrogen-bond donors (Lipinski definition) is 1. The van der Waals surface area contributed by atoms with Crippen molar-refractivity contribution >= 4 is 27.3 Å². The summed E-state index contributed by atoms with van der Waals surface area (Å²) in [7, 11) is 0. The lowest BCUT2D eigenvalue weighted by Gasteiger charge is -2.18. The van der Waals surface area contributed by atoms with E-state index >= 15 is 0 Å². The largest absolute Gasteiger partial charge is 0.493 e. The first-order valence-corrected chi connectivity index (χ1v) is 8.61. The van der Waals surface area contributed by atoms with Crippen molar-refractivity contribution < 1.29 is 4.74 Å². The molecule has 2 rings (SSSR count). The molecule has 4 heteroatoms. The molecule has 0 spiro atoms. The summed E-state index contributed by atoms with van der Waals surface area (Å²) in [5.41, 5.74) is 2.55. The highest BCUT2D eigenvalue weighted by molar-refractivity contribution is 9.10. The second kappa shape index (κ2) is 7.81. The summed E-state index contributed by atoms with van der Waals surface area (Å²) < 4.78 is 7.04. The molecule has 2 nitrogen and oxygen atoms in total. The van der Waals surface area contributed by atoms with Gasteiger partial charge in [-0.05, 0) is 48.0 Å². The predicted molar refractivity (Wildman–Crippen MR) is 89.8 cm³/mol. The van der Waals surface area contributed by atoms with Gasteiger partial charge in [-0.15, -0.1) is 0 Å². The molecule has 0 fully saturated rings. The van der Waals surface area contributed by atoms with E-state index in [1.165, 1.54) is 11.1 Å². The van der Waals surface area contributed by atoms with Crippen molar-refractivity contribution in [2.75, 3.05) is 13.2 Å². The van der Waals surface area contributed by atoms with Crippen LogP contribution in [0.15, 0.2) is 39.5 Å². The summed E-state index contributed by atoms with van der Waals surface area (Å²) >= 11 is 5.25. The van der Waals surface area contributed by atoms with Gasteiger partial charge in [0.25, 0.3) is 0 Å². The van der Waals surface area contributed by atoms with Gasteiger partial charge in [-0.1, -0.05) is 28.9 Å². The van der Waals surface area contributed by atoms with Crippen LogP contribution in [0.25, 0.3) is 0 Å². The van der Waals surface area contributed by atoms with Gasteiger partial charge in [0.2, 0.25) is 0 Å². The van der Waals surface area contributed by atoms with E-state index in [9.17, 15) is 0 Å². The molecule has 20 heavy (non-hydrogen) atoms. The Morgan fingerprint density at radius 3 is 2.90 bits per heavy atom. The highest BCUT2D eigenvalue weighted by Gasteiger charge is 2.11. The quantitative estimate of drug-likeness (QED) is 0.771. The first-order chi connectivity index (χ1) is 9.70. The van der Waals surface area contributed by atoms with Gasteiger partial charge < -0.3 is 10.1 Å². The number of rotatable bonds is 7. The standard InChI is InChI=1S/C16H20BrNOS/c1-3-18-12(2)15-5-4-14(17)10-16(15)19-8-6-13-7-9-20-11-13/h4-5,7,9-12,18H,3,6,8H2,1-2H3. The topological polar surface area (TPSA) is 21.3 Å². The molecular formula is C16H20BrNOS. The first-order valence-electron chi connectivity index (χ1n) is 6.87. The third-order valence-electron chi connectivity index (χ3n) is 3.18. The van der Waals surface area contributed by atoms with Crippen LogP contribution in [0.4, 0.5) is 0 Å². The van der Waals surface area contributed by atoms with Crippen LogP contribution in [0.1, 0.15) is 31.0 Å². The second-order valence-electron chi connectivity index (χ2n) is 4.69. The van der Waals surface area contributed by atoms with E-state index in [2.05, 4.69) is 70.1 Å². The van der Waals surface area contributed by atoms with Crippen molar-refractivity contribution in [3.05, 3.63) is 50.6 Å². The lowest BCUT2D eigenvalue weighted by atomic mass is 10.1. The normalized spacial score (nSPS) is 12.3. The van der Waals surface area contributed by atoms with Crippen LogP contribution in [0, 0.1) is 0 Å². The van der Waals surface area contributed by atoms with Crippen molar-refractivity contribution in [1.82, 2.24) is 5.32 Å². The molecule has 1 unspecified atom stereocenters. The monoisotopic (exact) mass is 353 g/mol. The molecule has 1 N–H and O–H groups in total. The molecule has 2 aromatic rings. The molecule has 0 aliphatic carbocycles. The minimum atomic E-state index is 0.296. The third kappa shape index (κ3) is 4.33. The van der Waals surface area contributed by atoms with Crippen LogP contribution >= 0.6 is 27.3 Å². The minimum absolute atomic E-state index is 0.296. The van der Waals surface area contributed by atoms with E-state index < -0.39 is 0 Å². The van der Waals surface area contributed by atoms with Crippen molar-refractivity contribution in [3.63, 3.8) is 0 Å². The van der Waals surface area contributed by atoms with E-state index in [-0.39, 0.29) is 0 Å². The first kappa shape index (κ1) is 15.5. The summed E-state index contributed by atoms with van der Waals surface area (Å²) in [6.45, 7) is 5.94. The molecule has 0 amide bonds. The van der Waals surface area contributed by atoms with Gasteiger partial charge in [0.05, 0.1) is 6.61 Å². The van der Waals surface area contributed by atoms with E-state index in [0.29, 0.717) is 12.6 Å². The van der Waals surface area contributed by atoms with Gasteiger partial charge in [0, 0.05) is 22.5 Å². The fourth-order valence-electron chi connectivity index (χ4n) is 2.12. The maximum atomic E-state index is 5.99. The zero-order chi connectivity index (χ0) is 14.4. The zero-order valence-electron chi connectivity index (χ0n) is 11.9. The van der Waals surface area contributed by atoms with Crippen LogP contribution in [-0.4, -0.2) is 13.2 Å². The molecule has 0 saturated carbocycles. The smallest absolute Gasteiger partial charge is 0.125 e. The van der Waals surface area contributed by atoms with Gasteiger partial charge in [-0.25, -0.2) is 0 Å². The highest BCUT2D eigenvalue weighted by Crippen LogP contribution is 2.28. The molecule has 1 heterocycles. The van der Waals surface area contributed by atoms with Gasteiger partial charge in [0.15, 0.2) is 0 Å². The van der Waals surface area contributed by atoms with Crippen LogP contribution in [0.3, 0.4) is 0 Å². The SMILES string of the molecule is CCNC(C)c1ccc(Br)cc1OCCc1ccsc1. The Labute approximate surface area is 133 Å². The van der Waals surface area contributed by atoms with Crippen molar-refractivity contribution in [2.24, 2.45) is 0 Å². The van der Waals surface area contributed by atoms with Crippen LogP contribution in [-0.2, 0) is 6.42 Å². The highest BCUT2D eigenvalue weighted by atomic mass is 79.9. The van der Waals surface area contributed by atoms with Crippen molar-refractivity contribution in [1.29, 1.82) is 0 Å². The summed E-state index contributed by atoms with van der Waals surface area (Å²) in [4.78, 5) is 0. The molecule has 1 atom stereocenters. The molecule has 0 aliphatic heterocycles. The van der Waals surface area contributed by atoms with Gasteiger partial charge in [-0.2, -0.15) is 11.3 Å². The van der Waals surface area contributed by atoms with Crippen LogP contribution < -0.4 is 10.1 Å². The molecule has 0 bridgehead atoms. The Morgan fingerprint density at radius 2 is 2.20 bits per heavy atom. The maximum Gasteiger partial charge on any atom is 0.125 e. The molecule has 1 aromatic heterocycles. The maximum absolute atomic E-state index is 5.99. The van der Waals surface area contributed by atoms with E-state index in [4.69, 9.17) is 4.74 Å². The lowest BCUT2D eigenvalue weighted by molar-refractivity contribution is 0.315. The molecular weight excluding hydrogens is 334 g/mol. The Hall–Kier alpha value is -0.840. The van der Waals surface area contributed by atoms with Gasteiger partial charge in [-0.3, -0.25) is 0 Å². The van der Waals surface area contributed by atoms with Crippen LogP contribution in [0.5, 0.6) is 5.75 Å². The number of hydrogen-bond acceptors (Lipinski definition) is 3. The molecule has 108 valence electrons. The van der Waals surface area contributed by atoms with Gasteiger partial charge in [0.1, 0.15) is 5.75 Å². The van der Waals surface area contributed by atoms with Crippen molar-refractivity contribution in [3.8, 4) is 5.75 Å². The summed E-state index contributed by atoms with van der Waals surface area (Å²) in [6, 6.07) is 8.68. The third-order valence-corrected chi connectivity index (χ3v) is 4.41. The number of ether oxygens (including phenoxy) is 1. The average molecular weight is 354 g/mol. The second-order valence-corrected chi connectivity index (χ2v) is 6.39. The molecule has 0 aliphatic rings. The van der Waals surface area contributed by atoms with E-state index in [1.54, 1.807) is 11.3 Å².